The Balaban J connectivity index is 1.98. The van der Waals surface area contributed by atoms with E-state index in [1.165, 1.54) is 0 Å². The van der Waals surface area contributed by atoms with Crippen LogP contribution in [0, 0.1) is 0 Å². The summed E-state index contributed by atoms with van der Waals surface area (Å²) in [5.41, 5.74) is 6.44. The van der Waals surface area contributed by atoms with Gasteiger partial charge >= 0.3 is 12.0 Å². The van der Waals surface area contributed by atoms with Crippen molar-refractivity contribution in [3.8, 4) is 17.8 Å². The van der Waals surface area contributed by atoms with Gasteiger partial charge in [0.05, 0.1) is 12.1 Å². The Bertz CT molecular complexity index is 773. The number of hydrogen-bond acceptors (Lipinski definition) is 7. The monoisotopic (exact) mass is 283 g/mol. The van der Waals surface area contributed by atoms with Crippen LogP contribution < -0.4 is 15.2 Å². The zero-order valence-corrected chi connectivity index (χ0v) is 11.4. The standard InChI is InChI=1S/C14H13N5O2/c1-2-20-13-17-12(15)18-14(19-13)21-11-7-3-6-10-9(11)5-4-8-16-10/h3-8H,2H2,1H3,(H2,15,17,18,19). The van der Waals surface area contributed by atoms with Crippen LogP contribution >= 0.6 is 0 Å². The number of rotatable bonds is 4. The molecule has 0 unspecified atom stereocenters. The number of nitrogen functional groups attached to an aromatic ring is 1. The highest BCUT2D eigenvalue weighted by Gasteiger charge is 2.09. The van der Waals surface area contributed by atoms with Crippen LogP contribution in [0.25, 0.3) is 10.9 Å². The minimum Gasteiger partial charge on any atom is -0.464 e. The second-order valence-corrected chi connectivity index (χ2v) is 4.12. The molecule has 2 aromatic heterocycles. The molecule has 3 rings (SSSR count). The third-order valence-corrected chi connectivity index (χ3v) is 2.69. The number of fused-ring (bicyclic) bond motifs is 1. The lowest BCUT2D eigenvalue weighted by molar-refractivity contribution is 0.304. The molecule has 0 spiro atoms. The van der Waals surface area contributed by atoms with Gasteiger partial charge in [-0.25, -0.2) is 0 Å². The molecule has 0 aliphatic rings. The fraction of sp³-hybridized carbons (Fsp3) is 0.143. The lowest BCUT2D eigenvalue weighted by atomic mass is 10.2. The number of ether oxygens (including phenoxy) is 2. The third kappa shape index (κ3) is 2.81. The highest BCUT2D eigenvalue weighted by Crippen LogP contribution is 2.27. The maximum Gasteiger partial charge on any atom is 0.330 e. The lowest BCUT2D eigenvalue weighted by Gasteiger charge is -2.08. The molecule has 0 saturated carbocycles. The Labute approximate surface area is 120 Å². The Morgan fingerprint density at radius 3 is 2.76 bits per heavy atom. The summed E-state index contributed by atoms with van der Waals surface area (Å²) in [5, 5.41) is 0.858. The summed E-state index contributed by atoms with van der Waals surface area (Å²) in [6, 6.07) is 9.52. The van der Waals surface area contributed by atoms with Crippen LogP contribution in [0.3, 0.4) is 0 Å². The molecule has 2 heterocycles. The number of pyridine rings is 1. The van der Waals surface area contributed by atoms with Gasteiger partial charge in [0.25, 0.3) is 0 Å². The van der Waals surface area contributed by atoms with Crippen molar-refractivity contribution < 1.29 is 9.47 Å². The summed E-state index contributed by atoms with van der Waals surface area (Å²) < 4.78 is 10.9. The second kappa shape index (κ2) is 5.58. The first-order valence-electron chi connectivity index (χ1n) is 6.42. The quantitative estimate of drug-likeness (QED) is 0.783. The molecule has 0 aliphatic heterocycles. The normalized spacial score (nSPS) is 10.5. The van der Waals surface area contributed by atoms with Crippen molar-refractivity contribution in [2.45, 2.75) is 6.92 Å². The molecule has 106 valence electrons. The van der Waals surface area contributed by atoms with Crippen molar-refractivity contribution in [2.24, 2.45) is 0 Å². The predicted molar refractivity (Wildman–Crippen MR) is 77.2 cm³/mol. The van der Waals surface area contributed by atoms with E-state index in [0.29, 0.717) is 12.4 Å². The van der Waals surface area contributed by atoms with E-state index in [1.807, 2.05) is 37.3 Å². The molecule has 1 aromatic carbocycles. The smallest absolute Gasteiger partial charge is 0.330 e. The van der Waals surface area contributed by atoms with Crippen LogP contribution in [-0.2, 0) is 0 Å². The summed E-state index contributed by atoms with van der Waals surface area (Å²) in [7, 11) is 0. The van der Waals surface area contributed by atoms with Crippen molar-refractivity contribution in [3.05, 3.63) is 36.5 Å². The van der Waals surface area contributed by atoms with Crippen LogP contribution in [0.15, 0.2) is 36.5 Å². The van der Waals surface area contributed by atoms with E-state index in [-0.39, 0.29) is 18.0 Å². The number of benzene rings is 1. The highest BCUT2D eigenvalue weighted by molar-refractivity contribution is 5.84. The SMILES string of the molecule is CCOc1nc(N)nc(Oc2cccc3ncccc23)n1. The van der Waals surface area contributed by atoms with Gasteiger partial charge in [0, 0.05) is 11.6 Å². The predicted octanol–water partition coefficient (Wildman–Crippen LogP) is 2.19. The van der Waals surface area contributed by atoms with E-state index in [1.54, 1.807) is 6.20 Å². The van der Waals surface area contributed by atoms with E-state index >= 15 is 0 Å². The van der Waals surface area contributed by atoms with Crippen LogP contribution in [0.4, 0.5) is 5.95 Å². The van der Waals surface area contributed by atoms with Crippen LogP contribution in [-0.4, -0.2) is 26.5 Å². The molecule has 0 atom stereocenters. The van der Waals surface area contributed by atoms with E-state index in [9.17, 15) is 0 Å². The Morgan fingerprint density at radius 1 is 1.05 bits per heavy atom. The van der Waals surface area contributed by atoms with Gasteiger partial charge in [-0.1, -0.05) is 6.07 Å². The molecular weight excluding hydrogens is 270 g/mol. The number of aromatic nitrogens is 4. The van der Waals surface area contributed by atoms with Crippen molar-refractivity contribution in [3.63, 3.8) is 0 Å². The number of anilines is 1. The van der Waals surface area contributed by atoms with Gasteiger partial charge in [0.15, 0.2) is 0 Å². The van der Waals surface area contributed by atoms with Crippen LogP contribution in [0.1, 0.15) is 6.92 Å². The topological polar surface area (TPSA) is 96.0 Å². The summed E-state index contributed by atoms with van der Waals surface area (Å²) in [6.45, 7) is 2.26. The summed E-state index contributed by atoms with van der Waals surface area (Å²) in [5.74, 6) is 0.635. The Morgan fingerprint density at radius 2 is 1.90 bits per heavy atom. The number of hydrogen-bond donors (Lipinski definition) is 1. The van der Waals surface area contributed by atoms with E-state index in [0.717, 1.165) is 10.9 Å². The molecule has 0 bridgehead atoms. The number of nitrogens with two attached hydrogens (primary N) is 1. The van der Waals surface area contributed by atoms with Crippen LogP contribution in [0.5, 0.6) is 17.8 Å². The molecule has 0 saturated heterocycles. The first kappa shape index (κ1) is 13.0. The van der Waals surface area contributed by atoms with Crippen molar-refractivity contribution in [2.75, 3.05) is 12.3 Å². The van der Waals surface area contributed by atoms with Crippen molar-refractivity contribution in [1.82, 2.24) is 19.9 Å². The van der Waals surface area contributed by atoms with Crippen molar-refractivity contribution >= 4 is 16.9 Å². The summed E-state index contributed by atoms with van der Waals surface area (Å²) in [6.07, 6.45) is 1.72. The first-order chi connectivity index (χ1) is 10.3. The average Bonchev–Trinajstić information content (AvgIpc) is 2.47. The zero-order valence-electron chi connectivity index (χ0n) is 11.4. The van der Waals surface area contributed by atoms with Crippen molar-refractivity contribution in [1.29, 1.82) is 0 Å². The van der Waals surface area contributed by atoms with Gasteiger partial charge in [-0.05, 0) is 31.2 Å². The first-order valence-corrected chi connectivity index (χ1v) is 6.42. The van der Waals surface area contributed by atoms with E-state index < -0.39 is 0 Å². The fourth-order valence-electron chi connectivity index (χ4n) is 1.85. The average molecular weight is 283 g/mol. The largest absolute Gasteiger partial charge is 0.464 e. The Kier molecular flexibility index (Phi) is 3.46. The van der Waals surface area contributed by atoms with Gasteiger partial charge in [-0.3, -0.25) is 4.98 Å². The Hall–Kier alpha value is -2.96. The summed E-state index contributed by atoms with van der Waals surface area (Å²) in [4.78, 5) is 16.1. The fourth-order valence-corrected chi connectivity index (χ4v) is 1.85. The molecule has 0 fully saturated rings. The van der Waals surface area contributed by atoms with Gasteiger partial charge in [-0.15, -0.1) is 4.98 Å². The molecule has 7 nitrogen and oxygen atoms in total. The molecule has 2 N–H and O–H groups in total. The van der Waals surface area contributed by atoms with Gasteiger partial charge in [0.1, 0.15) is 5.75 Å². The van der Waals surface area contributed by atoms with Crippen LogP contribution in [0.2, 0.25) is 0 Å². The molecule has 0 radical (unpaired) electrons. The summed E-state index contributed by atoms with van der Waals surface area (Å²) >= 11 is 0. The molecule has 0 amide bonds. The van der Waals surface area contributed by atoms with Gasteiger partial charge < -0.3 is 15.2 Å². The maximum absolute atomic E-state index is 5.70. The van der Waals surface area contributed by atoms with Gasteiger partial charge in [0.2, 0.25) is 5.95 Å². The molecule has 3 aromatic rings. The maximum atomic E-state index is 5.70. The minimum absolute atomic E-state index is 0.0433. The highest BCUT2D eigenvalue weighted by atomic mass is 16.5. The molecule has 7 heteroatoms. The molecule has 0 aliphatic carbocycles. The molecular formula is C14H13N5O2. The zero-order chi connectivity index (χ0) is 14.7. The number of nitrogens with zero attached hydrogens (tertiary/aromatic N) is 4. The minimum atomic E-state index is 0.0433. The lowest BCUT2D eigenvalue weighted by Crippen LogP contribution is -2.04. The second-order valence-electron chi connectivity index (χ2n) is 4.12. The van der Waals surface area contributed by atoms with E-state index in [4.69, 9.17) is 15.2 Å². The van der Waals surface area contributed by atoms with Gasteiger partial charge in [-0.2, -0.15) is 9.97 Å². The third-order valence-electron chi connectivity index (χ3n) is 2.69. The molecule has 21 heavy (non-hydrogen) atoms. The van der Waals surface area contributed by atoms with E-state index in [2.05, 4.69) is 19.9 Å².